The van der Waals surface area contributed by atoms with Crippen molar-refractivity contribution < 1.29 is 19.4 Å². The summed E-state index contributed by atoms with van der Waals surface area (Å²) in [5.74, 6) is -1.11. The summed E-state index contributed by atoms with van der Waals surface area (Å²) in [6.45, 7) is 2.16. The zero-order valence-corrected chi connectivity index (χ0v) is 11.3. The lowest BCUT2D eigenvalue weighted by Gasteiger charge is -2.14. The number of carboxylic acid groups (broad SMARTS) is 1. The number of hydrogen-bond donors (Lipinski definition) is 3. The Labute approximate surface area is 115 Å². The normalized spacial score (nSPS) is 11.7. The van der Waals surface area contributed by atoms with Crippen LogP contribution in [0.5, 0.6) is 0 Å². The van der Waals surface area contributed by atoms with Gasteiger partial charge in [0.1, 0.15) is 0 Å². The van der Waals surface area contributed by atoms with Gasteiger partial charge >= 0.3 is 12.0 Å². The summed E-state index contributed by atoms with van der Waals surface area (Å²) in [5.41, 5.74) is 0.319. The highest BCUT2D eigenvalue weighted by molar-refractivity contribution is 6.31. The molecule has 19 heavy (non-hydrogen) atoms. The summed E-state index contributed by atoms with van der Waals surface area (Å²) < 4.78 is 4.88. The second-order valence-corrected chi connectivity index (χ2v) is 4.43. The van der Waals surface area contributed by atoms with Crippen LogP contribution >= 0.6 is 11.6 Å². The van der Waals surface area contributed by atoms with E-state index in [1.54, 1.807) is 6.92 Å². The van der Waals surface area contributed by atoms with E-state index < -0.39 is 12.0 Å². The van der Waals surface area contributed by atoms with E-state index in [4.69, 9.17) is 21.4 Å². The summed E-state index contributed by atoms with van der Waals surface area (Å²) in [6.07, 6.45) is 0. The van der Waals surface area contributed by atoms with Gasteiger partial charge in [-0.3, -0.25) is 0 Å². The number of nitrogens with one attached hydrogen (secondary N) is 2. The summed E-state index contributed by atoms with van der Waals surface area (Å²) in [6, 6.07) is 3.48. The second-order valence-electron chi connectivity index (χ2n) is 3.99. The van der Waals surface area contributed by atoms with Crippen molar-refractivity contribution in [1.82, 2.24) is 5.32 Å². The predicted molar refractivity (Wildman–Crippen MR) is 71.9 cm³/mol. The molecule has 1 unspecified atom stereocenters. The molecular weight excluding hydrogens is 272 g/mol. The van der Waals surface area contributed by atoms with Crippen LogP contribution in [0.3, 0.4) is 0 Å². The number of rotatable bonds is 5. The number of urea groups is 1. The van der Waals surface area contributed by atoms with Crippen molar-refractivity contribution in [2.75, 3.05) is 19.0 Å². The monoisotopic (exact) mass is 286 g/mol. The molecule has 0 saturated carbocycles. The fraction of sp³-hybridized carbons (Fsp3) is 0.333. The molecule has 0 aliphatic rings. The molecule has 0 aromatic heterocycles. The van der Waals surface area contributed by atoms with Crippen LogP contribution in [0.2, 0.25) is 5.02 Å². The van der Waals surface area contributed by atoms with Gasteiger partial charge in [-0.2, -0.15) is 0 Å². The van der Waals surface area contributed by atoms with Crippen LogP contribution in [0, 0.1) is 0 Å². The van der Waals surface area contributed by atoms with Gasteiger partial charge < -0.3 is 20.5 Å². The number of ether oxygens (including phenoxy) is 1. The number of halogens is 1. The number of methoxy groups -OCH3 is 1. The minimum absolute atomic E-state index is 0.00717. The molecule has 0 aliphatic heterocycles. The van der Waals surface area contributed by atoms with Gasteiger partial charge in [-0.05, 0) is 25.1 Å². The quantitative estimate of drug-likeness (QED) is 0.774. The van der Waals surface area contributed by atoms with E-state index in [0.29, 0.717) is 12.3 Å². The van der Waals surface area contributed by atoms with Crippen LogP contribution in [-0.2, 0) is 4.74 Å². The topological polar surface area (TPSA) is 87.7 Å². The zero-order chi connectivity index (χ0) is 14.4. The third kappa shape index (κ3) is 5.15. The minimum Gasteiger partial charge on any atom is -0.478 e. The maximum atomic E-state index is 11.6. The molecule has 1 aromatic carbocycles. The maximum absolute atomic E-state index is 11.6. The number of carbonyl (C=O) groups excluding carboxylic acids is 1. The number of carboxylic acids is 1. The molecule has 0 bridgehead atoms. The summed E-state index contributed by atoms with van der Waals surface area (Å²) in [4.78, 5) is 22.5. The first-order valence-corrected chi connectivity index (χ1v) is 5.90. The summed E-state index contributed by atoms with van der Waals surface area (Å²) in [5, 5.41) is 14.3. The molecule has 7 heteroatoms. The highest BCUT2D eigenvalue weighted by Gasteiger charge is 2.10. The highest BCUT2D eigenvalue weighted by atomic mass is 35.5. The lowest BCUT2D eigenvalue weighted by molar-refractivity contribution is 0.0697. The van der Waals surface area contributed by atoms with E-state index >= 15 is 0 Å². The molecular formula is C12H15ClN2O4. The molecule has 0 fully saturated rings. The molecule has 0 heterocycles. The van der Waals surface area contributed by atoms with Crippen molar-refractivity contribution in [3.63, 3.8) is 0 Å². The SMILES string of the molecule is COCC(C)NC(=O)Nc1cc(Cl)cc(C(=O)O)c1. The maximum Gasteiger partial charge on any atom is 0.335 e. The smallest absolute Gasteiger partial charge is 0.335 e. The van der Waals surface area contributed by atoms with Crippen LogP contribution in [-0.4, -0.2) is 36.9 Å². The third-order valence-corrected chi connectivity index (χ3v) is 2.41. The van der Waals surface area contributed by atoms with E-state index in [0.717, 1.165) is 0 Å². The lowest BCUT2D eigenvalue weighted by Crippen LogP contribution is -2.38. The molecule has 2 amide bonds. The Kier molecular flexibility index (Phi) is 5.59. The lowest BCUT2D eigenvalue weighted by atomic mass is 10.2. The fourth-order valence-corrected chi connectivity index (χ4v) is 1.70. The average Bonchev–Trinajstić information content (AvgIpc) is 2.27. The molecule has 0 saturated heterocycles. The summed E-state index contributed by atoms with van der Waals surface area (Å²) >= 11 is 5.78. The van der Waals surface area contributed by atoms with Crippen molar-refractivity contribution >= 4 is 29.3 Å². The Morgan fingerprint density at radius 3 is 2.68 bits per heavy atom. The molecule has 0 aliphatic carbocycles. The number of aromatic carboxylic acids is 1. The number of amides is 2. The van der Waals surface area contributed by atoms with Gasteiger partial charge in [0.25, 0.3) is 0 Å². The number of benzene rings is 1. The van der Waals surface area contributed by atoms with E-state index in [2.05, 4.69) is 10.6 Å². The first-order chi connectivity index (χ1) is 8.92. The molecule has 104 valence electrons. The Morgan fingerprint density at radius 2 is 2.11 bits per heavy atom. The van der Waals surface area contributed by atoms with E-state index in [1.165, 1.54) is 25.3 Å². The molecule has 1 atom stereocenters. The van der Waals surface area contributed by atoms with Crippen molar-refractivity contribution in [3.8, 4) is 0 Å². The van der Waals surface area contributed by atoms with E-state index in [-0.39, 0.29) is 16.6 Å². The van der Waals surface area contributed by atoms with Gasteiger partial charge in [0.05, 0.1) is 18.2 Å². The van der Waals surface area contributed by atoms with Crippen LogP contribution in [0.25, 0.3) is 0 Å². The van der Waals surface area contributed by atoms with Gasteiger partial charge in [0.2, 0.25) is 0 Å². The number of hydrogen-bond acceptors (Lipinski definition) is 3. The molecule has 1 rings (SSSR count). The number of anilines is 1. The Hall–Kier alpha value is -1.79. The van der Waals surface area contributed by atoms with Crippen LogP contribution in [0.4, 0.5) is 10.5 Å². The van der Waals surface area contributed by atoms with Crippen molar-refractivity contribution in [3.05, 3.63) is 28.8 Å². The summed E-state index contributed by atoms with van der Waals surface area (Å²) in [7, 11) is 1.53. The molecule has 1 aromatic rings. The van der Waals surface area contributed by atoms with Crippen LogP contribution < -0.4 is 10.6 Å². The average molecular weight is 287 g/mol. The fourth-order valence-electron chi connectivity index (χ4n) is 1.47. The van der Waals surface area contributed by atoms with Crippen LogP contribution in [0.15, 0.2) is 18.2 Å². The van der Waals surface area contributed by atoms with E-state index in [1.807, 2.05) is 0 Å². The van der Waals surface area contributed by atoms with Gasteiger partial charge in [0, 0.05) is 17.8 Å². The van der Waals surface area contributed by atoms with Crippen LogP contribution in [0.1, 0.15) is 17.3 Å². The Bertz CT molecular complexity index is 479. The zero-order valence-electron chi connectivity index (χ0n) is 10.6. The largest absolute Gasteiger partial charge is 0.478 e. The Balaban J connectivity index is 2.71. The third-order valence-electron chi connectivity index (χ3n) is 2.20. The molecule has 0 radical (unpaired) electrons. The predicted octanol–water partition coefficient (Wildman–Crippen LogP) is 2.19. The minimum atomic E-state index is -1.11. The first-order valence-electron chi connectivity index (χ1n) is 5.52. The van der Waals surface area contributed by atoms with Crippen molar-refractivity contribution in [2.45, 2.75) is 13.0 Å². The van der Waals surface area contributed by atoms with Gasteiger partial charge in [-0.1, -0.05) is 11.6 Å². The van der Waals surface area contributed by atoms with Crippen molar-refractivity contribution in [1.29, 1.82) is 0 Å². The van der Waals surface area contributed by atoms with Gasteiger partial charge in [-0.15, -0.1) is 0 Å². The van der Waals surface area contributed by atoms with Crippen molar-refractivity contribution in [2.24, 2.45) is 0 Å². The number of carbonyl (C=O) groups is 2. The highest BCUT2D eigenvalue weighted by Crippen LogP contribution is 2.19. The second kappa shape index (κ2) is 6.96. The standard InChI is InChI=1S/C12H15ClN2O4/c1-7(6-19-2)14-12(18)15-10-4-8(11(16)17)3-9(13)5-10/h3-5,7H,6H2,1-2H3,(H,16,17)(H2,14,15,18). The molecule has 0 spiro atoms. The molecule has 3 N–H and O–H groups in total. The van der Waals surface area contributed by atoms with Gasteiger partial charge in [0.15, 0.2) is 0 Å². The molecule has 6 nitrogen and oxygen atoms in total. The van der Waals surface area contributed by atoms with E-state index in [9.17, 15) is 9.59 Å². The first kappa shape index (κ1) is 15.3. The Morgan fingerprint density at radius 1 is 1.42 bits per heavy atom. The van der Waals surface area contributed by atoms with Gasteiger partial charge in [-0.25, -0.2) is 9.59 Å².